The number of carbonyl (C=O) groups excluding carboxylic acids is 2. The molecule has 12 heavy (non-hydrogen) atoms. The molecule has 1 saturated heterocycles. The second-order valence-corrected chi connectivity index (χ2v) is 1.48. The number of cyclic esters (lactones) is 2. The molecule has 0 saturated carbocycles. The molecule has 0 spiro atoms. The van der Waals surface area contributed by atoms with Gasteiger partial charge in [-0.3, -0.25) is 0 Å². The van der Waals surface area contributed by atoms with Crippen molar-refractivity contribution in [3.63, 3.8) is 0 Å². The summed E-state index contributed by atoms with van der Waals surface area (Å²) in [5, 5.41) is 16.5. The number of ether oxygens (including phenoxy) is 2. The van der Waals surface area contributed by atoms with Crippen molar-refractivity contribution in [2.75, 3.05) is 19.8 Å². The van der Waals surface area contributed by atoms with E-state index < -0.39 is 18.7 Å². The Morgan fingerprint density at radius 3 is 1.92 bits per heavy atom. The van der Waals surface area contributed by atoms with Crippen LogP contribution in [0.3, 0.4) is 0 Å². The van der Waals surface area contributed by atoms with E-state index in [-0.39, 0.29) is 18.9 Å². The van der Waals surface area contributed by atoms with Gasteiger partial charge in [-0.15, -0.1) is 0 Å². The van der Waals surface area contributed by atoms with Crippen LogP contribution in [0.2, 0.25) is 0 Å². The first kappa shape index (κ1) is 13.9. The first-order valence-corrected chi connectivity index (χ1v) is 2.77. The number of carbonyl (C=O) groups is 2. The van der Waals surface area contributed by atoms with Crippen LogP contribution in [0.25, 0.3) is 0 Å². The van der Waals surface area contributed by atoms with Crippen LogP contribution in [0.5, 0.6) is 0 Å². The van der Waals surface area contributed by atoms with Gasteiger partial charge in [0, 0.05) is 0 Å². The molecule has 0 atom stereocenters. The minimum atomic E-state index is -1.44. The number of hydrogen-bond acceptors (Lipinski definition) is 6. The summed E-state index contributed by atoms with van der Waals surface area (Å²) in [6.07, 6.45) is -0.546. The van der Waals surface area contributed by atoms with Gasteiger partial charge in [-0.2, -0.15) is 0 Å². The summed E-state index contributed by atoms with van der Waals surface area (Å²) in [4.78, 5) is 18.8. The fourth-order valence-electron chi connectivity index (χ4n) is 0.292. The van der Waals surface area contributed by atoms with Gasteiger partial charge in [0.25, 0.3) is 0 Å². The van der Waals surface area contributed by atoms with E-state index in [2.05, 4.69) is 9.47 Å². The van der Waals surface area contributed by atoms with Crippen molar-refractivity contribution in [2.45, 2.75) is 0 Å². The topological polar surface area (TPSA) is 95.9 Å². The molecule has 1 heterocycles. The molecule has 64 valence electrons. The number of rotatable bonds is 1. The number of aliphatic hydroxyl groups excluding tert-OH is 1. The maximum absolute atomic E-state index is 9.80. The molecule has 7 heteroatoms. The minimum absolute atomic E-state index is 0. The Morgan fingerprint density at radius 1 is 1.50 bits per heavy atom. The standard InChI is InChI=1S/C3H4O3.C2H4O3.Li/c4-3-5-1-2-6-3;3-1-2(4)5;/h1-2H2;3H,1H2,(H,4,5);/q;;+1/p-1. The van der Waals surface area contributed by atoms with E-state index >= 15 is 0 Å². The van der Waals surface area contributed by atoms with Crippen LogP contribution in [0.15, 0.2) is 0 Å². The average molecular weight is 170 g/mol. The summed E-state index contributed by atoms with van der Waals surface area (Å²) >= 11 is 0. The van der Waals surface area contributed by atoms with E-state index in [1.54, 1.807) is 0 Å². The van der Waals surface area contributed by atoms with Crippen LogP contribution < -0.4 is 24.0 Å². The van der Waals surface area contributed by atoms with Gasteiger partial charge in [0.15, 0.2) is 0 Å². The van der Waals surface area contributed by atoms with Gasteiger partial charge in [0.2, 0.25) is 0 Å². The van der Waals surface area contributed by atoms with Gasteiger partial charge in [0.05, 0.1) is 12.6 Å². The van der Waals surface area contributed by atoms with Crippen LogP contribution in [0.1, 0.15) is 0 Å². The first-order valence-electron chi connectivity index (χ1n) is 2.77. The van der Waals surface area contributed by atoms with Crippen molar-refractivity contribution in [1.29, 1.82) is 0 Å². The molecule has 1 rings (SSSR count). The van der Waals surface area contributed by atoms with E-state index in [0.717, 1.165) is 0 Å². The predicted molar refractivity (Wildman–Crippen MR) is 29.4 cm³/mol. The summed E-state index contributed by atoms with van der Waals surface area (Å²) in [6, 6.07) is 0. The maximum atomic E-state index is 9.80. The van der Waals surface area contributed by atoms with Crippen LogP contribution in [0.4, 0.5) is 4.79 Å². The molecule has 0 bridgehead atoms. The molecular weight excluding hydrogens is 163 g/mol. The molecule has 0 aromatic rings. The van der Waals surface area contributed by atoms with Crippen molar-refractivity contribution in [3.05, 3.63) is 0 Å². The molecule has 1 N–H and O–H groups in total. The van der Waals surface area contributed by atoms with Gasteiger partial charge in [-0.25, -0.2) is 4.79 Å². The van der Waals surface area contributed by atoms with E-state index in [1.165, 1.54) is 0 Å². The molecule has 0 amide bonds. The molecule has 6 nitrogen and oxygen atoms in total. The fraction of sp³-hybridized carbons (Fsp3) is 0.600. The predicted octanol–water partition coefficient (Wildman–Crippen LogP) is -5.11. The SMILES string of the molecule is O=C([O-])CO.O=C1OCCO1.[Li+]. The Bertz CT molecular complexity index is 139. The average Bonchev–Trinajstić information content (AvgIpc) is 2.41. The third kappa shape index (κ3) is 9.30. The van der Waals surface area contributed by atoms with Crippen molar-refractivity contribution in [3.8, 4) is 0 Å². The Morgan fingerprint density at radius 2 is 1.83 bits per heavy atom. The van der Waals surface area contributed by atoms with Gasteiger partial charge < -0.3 is 24.5 Å². The van der Waals surface area contributed by atoms with Gasteiger partial charge in [0.1, 0.15) is 13.2 Å². The van der Waals surface area contributed by atoms with Gasteiger partial charge in [-0.1, -0.05) is 0 Å². The van der Waals surface area contributed by atoms with Crippen molar-refractivity contribution in [1.82, 2.24) is 0 Å². The summed E-state index contributed by atoms with van der Waals surface area (Å²) in [7, 11) is 0. The van der Waals surface area contributed by atoms with Gasteiger partial charge >= 0.3 is 25.0 Å². The Kier molecular flexibility index (Phi) is 9.69. The number of carboxylic acids is 1. The molecule has 0 unspecified atom stereocenters. The maximum Gasteiger partial charge on any atom is 1.00 e. The summed E-state index contributed by atoms with van der Waals surface area (Å²) < 4.78 is 8.58. The summed E-state index contributed by atoms with van der Waals surface area (Å²) in [5.74, 6) is -1.44. The molecule has 0 radical (unpaired) electrons. The third-order valence-corrected chi connectivity index (χ3v) is 0.652. The summed E-state index contributed by atoms with van der Waals surface area (Å²) in [6.45, 7) is -0.0579. The molecule has 0 aromatic carbocycles. The van der Waals surface area contributed by atoms with Crippen LogP contribution in [0, 0.1) is 0 Å². The number of aliphatic hydroxyl groups is 1. The second kappa shape index (κ2) is 8.39. The van der Waals surface area contributed by atoms with E-state index in [1.807, 2.05) is 0 Å². The van der Waals surface area contributed by atoms with Crippen LogP contribution >= 0.6 is 0 Å². The first-order chi connectivity index (χ1) is 5.16. The second-order valence-electron chi connectivity index (χ2n) is 1.48. The van der Waals surface area contributed by atoms with Crippen molar-refractivity contribution < 1.29 is 48.1 Å². The zero-order valence-electron chi connectivity index (χ0n) is 6.61. The molecule has 0 aromatic heterocycles. The number of hydrogen-bond donors (Lipinski definition) is 1. The van der Waals surface area contributed by atoms with Crippen molar-refractivity contribution in [2.24, 2.45) is 0 Å². The van der Waals surface area contributed by atoms with E-state index in [4.69, 9.17) is 15.0 Å². The fourth-order valence-corrected chi connectivity index (χ4v) is 0.292. The number of carboxylic acid groups (broad SMARTS) is 1. The van der Waals surface area contributed by atoms with Gasteiger partial charge in [-0.05, 0) is 0 Å². The van der Waals surface area contributed by atoms with E-state index in [0.29, 0.717) is 13.2 Å². The van der Waals surface area contributed by atoms with E-state index in [9.17, 15) is 4.79 Å². The zero-order valence-corrected chi connectivity index (χ0v) is 6.61. The smallest absolute Gasteiger partial charge is 0.548 e. The molecule has 1 fully saturated rings. The monoisotopic (exact) mass is 170 g/mol. The zero-order chi connectivity index (χ0) is 8.69. The molecule has 0 aliphatic carbocycles. The Hall–Kier alpha value is -0.703. The molecule has 1 aliphatic heterocycles. The molecular formula is C5H7LiO6. The Balaban J connectivity index is 0. The summed E-state index contributed by atoms with van der Waals surface area (Å²) in [5.41, 5.74) is 0. The van der Waals surface area contributed by atoms with Crippen LogP contribution in [-0.4, -0.2) is 37.1 Å². The largest absolute Gasteiger partial charge is 1.00 e. The van der Waals surface area contributed by atoms with Crippen LogP contribution in [-0.2, 0) is 14.3 Å². The van der Waals surface area contributed by atoms with Crippen molar-refractivity contribution >= 4 is 12.1 Å². The molecule has 1 aliphatic rings. The Labute approximate surface area is 80.6 Å². The minimum Gasteiger partial charge on any atom is -0.548 e. The number of aliphatic carboxylic acids is 1. The normalized spacial score (nSPS) is 12.9. The third-order valence-electron chi connectivity index (χ3n) is 0.652. The quantitative estimate of drug-likeness (QED) is 0.312.